The Morgan fingerprint density at radius 1 is 1.53 bits per heavy atom. The number of fused-ring (bicyclic) bond motifs is 1. The number of nitrogens with zero attached hydrogens (tertiary/aromatic N) is 3. The van der Waals surface area contributed by atoms with Crippen molar-refractivity contribution in [3.05, 3.63) is 24.2 Å². The van der Waals surface area contributed by atoms with Crippen molar-refractivity contribution >= 4 is 11.2 Å². The molecule has 1 aliphatic rings. The number of aromatic nitrogens is 3. The molecule has 3 heterocycles. The summed E-state index contributed by atoms with van der Waals surface area (Å²) in [5.74, 6) is 1.10. The highest BCUT2D eigenvalue weighted by atomic mass is 16.5. The van der Waals surface area contributed by atoms with Gasteiger partial charge >= 0.3 is 0 Å². The smallest absolute Gasteiger partial charge is 0.159 e. The lowest BCUT2D eigenvalue weighted by atomic mass is 10.2. The Morgan fingerprint density at radius 2 is 2.47 bits per heavy atom. The Hall–Kier alpha value is -1.42. The van der Waals surface area contributed by atoms with Crippen molar-refractivity contribution in [1.29, 1.82) is 0 Å². The zero-order valence-electron chi connectivity index (χ0n) is 10.1. The zero-order chi connectivity index (χ0) is 11.7. The minimum absolute atomic E-state index is 0.345. The van der Waals surface area contributed by atoms with Crippen LogP contribution in [0.15, 0.2) is 18.3 Å². The molecule has 0 aliphatic carbocycles. The van der Waals surface area contributed by atoms with Crippen LogP contribution in [0.1, 0.15) is 25.6 Å². The summed E-state index contributed by atoms with van der Waals surface area (Å²) in [6, 6.07) is 3.96. The number of rotatable bonds is 3. The van der Waals surface area contributed by atoms with Crippen molar-refractivity contribution in [1.82, 2.24) is 14.5 Å². The molecule has 0 bridgehead atoms. The molecule has 3 rings (SSSR count). The van der Waals surface area contributed by atoms with Crippen molar-refractivity contribution in [3.8, 4) is 0 Å². The number of imidazole rings is 1. The third-order valence-electron chi connectivity index (χ3n) is 3.33. The molecule has 1 atom stereocenters. The maximum atomic E-state index is 5.68. The summed E-state index contributed by atoms with van der Waals surface area (Å²) in [5.41, 5.74) is 1.98. The van der Waals surface area contributed by atoms with Gasteiger partial charge in [0.2, 0.25) is 0 Å². The lowest BCUT2D eigenvalue weighted by Gasteiger charge is -2.10. The zero-order valence-corrected chi connectivity index (χ0v) is 10.1. The summed E-state index contributed by atoms with van der Waals surface area (Å²) in [7, 11) is 0. The minimum atomic E-state index is 0.345. The number of ether oxygens (including phenoxy) is 1. The molecule has 4 heteroatoms. The van der Waals surface area contributed by atoms with Gasteiger partial charge in [0.05, 0.1) is 6.10 Å². The molecule has 4 nitrogen and oxygen atoms in total. The summed E-state index contributed by atoms with van der Waals surface area (Å²) >= 11 is 0. The van der Waals surface area contributed by atoms with Gasteiger partial charge in [0.1, 0.15) is 11.3 Å². The third kappa shape index (κ3) is 1.93. The largest absolute Gasteiger partial charge is 0.378 e. The van der Waals surface area contributed by atoms with Gasteiger partial charge in [-0.2, -0.15) is 0 Å². The molecular formula is C13H17N3O. The molecule has 0 spiro atoms. The SMILES string of the molecule is CCn1c(CC2CCCO2)nc2cccnc21. The molecule has 0 saturated carbocycles. The van der Waals surface area contributed by atoms with E-state index in [4.69, 9.17) is 4.74 Å². The van der Waals surface area contributed by atoms with E-state index < -0.39 is 0 Å². The first-order chi connectivity index (χ1) is 8.38. The second-order valence-corrected chi connectivity index (χ2v) is 4.46. The molecule has 90 valence electrons. The third-order valence-corrected chi connectivity index (χ3v) is 3.33. The molecule has 1 fully saturated rings. The standard InChI is InChI=1S/C13H17N3O/c1-2-16-12(9-10-5-4-8-17-10)15-11-6-3-7-14-13(11)16/h3,6-7,10H,2,4-5,8-9H2,1H3. The van der Waals surface area contributed by atoms with Gasteiger partial charge in [-0.15, -0.1) is 0 Å². The second-order valence-electron chi connectivity index (χ2n) is 4.46. The average Bonchev–Trinajstić information content (AvgIpc) is 2.96. The highest BCUT2D eigenvalue weighted by Crippen LogP contribution is 2.20. The first kappa shape index (κ1) is 10.7. The summed E-state index contributed by atoms with van der Waals surface area (Å²) in [5, 5.41) is 0. The lowest BCUT2D eigenvalue weighted by Crippen LogP contribution is -2.13. The topological polar surface area (TPSA) is 39.9 Å². The van der Waals surface area contributed by atoms with Crippen LogP contribution in [0.2, 0.25) is 0 Å². The van der Waals surface area contributed by atoms with Crippen LogP contribution in [0.5, 0.6) is 0 Å². The molecule has 0 N–H and O–H groups in total. The molecule has 1 aliphatic heterocycles. The van der Waals surface area contributed by atoms with Gasteiger partial charge in [-0.25, -0.2) is 9.97 Å². The van der Waals surface area contributed by atoms with E-state index in [1.807, 2.05) is 18.3 Å². The van der Waals surface area contributed by atoms with Gasteiger partial charge in [0.25, 0.3) is 0 Å². The highest BCUT2D eigenvalue weighted by Gasteiger charge is 2.19. The van der Waals surface area contributed by atoms with Crippen LogP contribution in [0, 0.1) is 0 Å². The molecule has 2 aromatic rings. The number of pyridine rings is 1. The van der Waals surface area contributed by atoms with E-state index in [0.29, 0.717) is 6.10 Å². The summed E-state index contributed by atoms with van der Waals surface area (Å²) in [4.78, 5) is 9.07. The van der Waals surface area contributed by atoms with Crippen LogP contribution in [-0.4, -0.2) is 27.2 Å². The van der Waals surface area contributed by atoms with E-state index in [2.05, 4.69) is 21.5 Å². The lowest BCUT2D eigenvalue weighted by molar-refractivity contribution is 0.109. The quantitative estimate of drug-likeness (QED) is 0.812. The number of hydrogen-bond donors (Lipinski definition) is 0. The van der Waals surface area contributed by atoms with E-state index in [0.717, 1.165) is 43.0 Å². The van der Waals surface area contributed by atoms with Crippen LogP contribution in [0.25, 0.3) is 11.2 Å². The summed E-state index contributed by atoms with van der Waals surface area (Å²) < 4.78 is 7.87. The van der Waals surface area contributed by atoms with E-state index in [-0.39, 0.29) is 0 Å². The number of hydrogen-bond acceptors (Lipinski definition) is 3. The first-order valence-corrected chi connectivity index (χ1v) is 6.30. The molecule has 17 heavy (non-hydrogen) atoms. The molecule has 1 unspecified atom stereocenters. The Balaban J connectivity index is 1.96. The molecule has 0 radical (unpaired) electrons. The van der Waals surface area contributed by atoms with E-state index in [9.17, 15) is 0 Å². The fourth-order valence-corrected chi connectivity index (χ4v) is 2.50. The first-order valence-electron chi connectivity index (χ1n) is 6.30. The van der Waals surface area contributed by atoms with Crippen molar-refractivity contribution in [2.45, 2.75) is 38.8 Å². The van der Waals surface area contributed by atoms with Crippen molar-refractivity contribution in [2.24, 2.45) is 0 Å². The maximum Gasteiger partial charge on any atom is 0.159 e. The highest BCUT2D eigenvalue weighted by molar-refractivity contribution is 5.71. The Labute approximate surface area is 101 Å². The molecular weight excluding hydrogens is 214 g/mol. The predicted octanol–water partition coefficient (Wildman–Crippen LogP) is 2.17. The monoisotopic (exact) mass is 231 g/mol. The Morgan fingerprint density at radius 3 is 3.24 bits per heavy atom. The molecule has 0 amide bonds. The van der Waals surface area contributed by atoms with Crippen molar-refractivity contribution in [3.63, 3.8) is 0 Å². The summed E-state index contributed by atoms with van der Waals surface area (Å²) in [6.45, 7) is 3.94. The average molecular weight is 231 g/mol. The normalized spacial score (nSPS) is 20.2. The van der Waals surface area contributed by atoms with E-state index in [1.165, 1.54) is 6.42 Å². The Bertz CT molecular complexity index is 514. The van der Waals surface area contributed by atoms with Gasteiger partial charge in [0.15, 0.2) is 5.65 Å². The Kier molecular flexibility index (Phi) is 2.81. The predicted molar refractivity (Wildman–Crippen MR) is 65.9 cm³/mol. The van der Waals surface area contributed by atoms with Crippen molar-refractivity contribution in [2.75, 3.05) is 6.61 Å². The van der Waals surface area contributed by atoms with Gasteiger partial charge in [-0.3, -0.25) is 0 Å². The minimum Gasteiger partial charge on any atom is -0.378 e. The van der Waals surface area contributed by atoms with Crippen LogP contribution >= 0.6 is 0 Å². The van der Waals surface area contributed by atoms with Gasteiger partial charge in [-0.05, 0) is 31.9 Å². The molecule has 2 aromatic heterocycles. The van der Waals surface area contributed by atoms with Gasteiger partial charge < -0.3 is 9.30 Å². The van der Waals surface area contributed by atoms with Crippen LogP contribution in [0.3, 0.4) is 0 Å². The van der Waals surface area contributed by atoms with Crippen LogP contribution in [-0.2, 0) is 17.7 Å². The van der Waals surface area contributed by atoms with E-state index in [1.54, 1.807) is 0 Å². The van der Waals surface area contributed by atoms with Gasteiger partial charge in [0, 0.05) is 25.8 Å². The van der Waals surface area contributed by atoms with Crippen LogP contribution < -0.4 is 0 Å². The fourth-order valence-electron chi connectivity index (χ4n) is 2.50. The second kappa shape index (κ2) is 4.45. The number of aryl methyl sites for hydroxylation is 1. The van der Waals surface area contributed by atoms with E-state index >= 15 is 0 Å². The van der Waals surface area contributed by atoms with Crippen molar-refractivity contribution < 1.29 is 4.74 Å². The molecule has 0 aromatic carbocycles. The summed E-state index contributed by atoms with van der Waals surface area (Å²) in [6.07, 6.45) is 5.41. The maximum absolute atomic E-state index is 5.68. The van der Waals surface area contributed by atoms with Gasteiger partial charge in [-0.1, -0.05) is 0 Å². The molecule has 1 saturated heterocycles. The fraction of sp³-hybridized carbons (Fsp3) is 0.538. The van der Waals surface area contributed by atoms with Crippen LogP contribution in [0.4, 0.5) is 0 Å².